The number of nitriles is 1. The number of aromatic carboxylic acids is 1. The quantitative estimate of drug-likeness (QED) is 0.764. The van der Waals surface area contributed by atoms with E-state index in [0.717, 1.165) is 6.07 Å². The minimum Gasteiger partial charge on any atom is -0.481 e. The van der Waals surface area contributed by atoms with Crippen molar-refractivity contribution in [1.29, 1.82) is 5.26 Å². The fourth-order valence-electron chi connectivity index (χ4n) is 2.96. The zero-order valence-electron chi connectivity index (χ0n) is 14.7. The Morgan fingerprint density at radius 2 is 2.33 bits per heavy atom. The number of ether oxygens (including phenoxy) is 2. The van der Waals surface area contributed by atoms with Crippen molar-refractivity contribution < 1.29 is 23.8 Å². The summed E-state index contributed by atoms with van der Waals surface area (Å²) < 4.78 is 25.5. The summed E-state index contributed by atoms with van der Waals surface area (Å²) in [5, 5.41) is 25.9. The molecule has 2 unspecified atom stereocenters. The first-order valence-electron chi connectivity index (χ1n) is 8.23. The van der Waals surface area contributed by atoms with Gasteiger partial charge in [0, 0.05) is 24.0 Å². The molecule has 1 fully saturated rings. The Balaban J connectivity index is 1.93. The third kappa shape index (κ3) is 3.98. The number of methoxy groups -OCH3 is 1. The maximum Gasteiger partial charge on any atom is 0.341 e. The summed E-state index contributed by atoms with van der Waals surface area (Å²) >= 11 is 0. The molecular weight excluding hydrogens is 357 g/mol. The van der Waals surface area contributed by atoms with Gasteiger partial charge in [-0.3, -0.25) is 4.68 Å². The Morgan fingerprint density at radius 3 is 3.00 bits per heavy atom. The molecule has 0 amide bonds. The van der Waals surface area contributed by atoms with Gasteiger partial charge in [0.2, 0.25) is 11.8 Å². The van der Waals surface area contributed by atoms with E-state index in [0.29, 0.717) is 6.42 Å². The van der Waals surface area contributed by atoms with Crippen LogP contribution in [-0.4, -0.2) is 45.7 Å². The number of rotatable bonds is 5. The molecule has 3 atom stereocenters. The van der Waals surface area contributed by atoms with Gasteiger partial charge in [0.1, 0.15) is 5.56 Å². The van der Waals surface area contributed by atoms with E-state index in [1.165, 1.54) is 24.1 Å². The zero-order valence-corrected chi connectivity index (χ0v) is 14.7. The molecule has 0 aliphatic carbocycles. The molecule has 2 N–H and O–H groups in total. The Labute approximate surface area is 154 Å². The molecule has 1 aliphatic heterocycles. The third-order valence-electron chi connectivity index (χ3n) is 4.31. The highest BCUT2D eigenvalue weighted by Crippen LogP contribution is 2.31. The van der Waals surface area contributed by atoms with Crippen molar-refractivity contribution in [3.05, 3.63) is 29.8 Å². The first kappa shape index (κ1) is 18.6. The largest absolute Gasteiger partial charge is 0.481 e. The van der Waals surface area contributed by atoms with Gasteiger partial charge < -0.3 is 19.9 Å². The molecule has 2 aromatic rings. The number of hydrogen-bond acceptors (Lipinski definition) is 7. The number of hydrogen-bond donors (Lipinski definition) is 2. The van der Waals surface area contributed by atoms with Crippen molar-refractivity contribution in [2.45, 2.75) is 25.5 Å². The molecule has 0 saturated carbocycles. The van der Waals surface area contributed by atoms with E-state index < -0.39 is 18.0 Å². The zero-order chi connectivity index (χ0) is 19.6. The molecule has 0 radical (unpaired) electrons. The molecule has 1 aliphatic rings. The standard InChI is InChI=1S/C17H18FN5O4/c1-9-3-10(6-19)13(8-27-9)23-7-12(17(24)25)16(22-23)20-11-4-14(18)21-15(5-11)26-2/h4-5,7,9-10,13H,3,8H2,1-2H3,(H,24,25)(H,20,21,22)/t9?,10?,13-/m0/s1. The molecule has 142 valence electrons. The number of carboxylic acids is 1. The number of carboxylic acid groups (broad SMARTS) is 1. The van der Waals surface area contributed by atoms with Crippen LogP contribution in [0.2, 0.25) is 0 Å². The van der Waals surface area contributed by atoms with Gasteiger partial charge in [-0.2, -0.15) is 19.7 Å². The maximum absolute atomic E-state index is 13.6. The van der Waals surface area contributed by atoms with Gasteiger partial charge >= 0.3 is 5.97 Å². The van der Waals surface area contributed by atoms with Gasteiger partial charge in [-0.1, -0.05) is 0 Å². The third-order valence-corrected chi connectivity index (χ3v) is 4.31. The number of aromatic nitrogens is 3. The summed E-state index contributed by atoms with van der Waals surface area (Å²) in [4.78, 5) is 15.1. The molecule has 1 saturated heterocycles. The summed E-state index contributed by atoms with van der Waals surface area (Å²) in [5.41, 5.74) is 0.124. The van der Waals surface area contributed by atoms with E-state index in [1.54, 1.807) is 0 Å². The number of nitrogens with one attached hydrogen (secondary N) is 1. The Bertz CT molecular complexity index is 894. The van der Waals surface area contributed by atoms with Gasteiger partial charge in [-0.05, 0) is 13.3 Å². The van der Waals surface area contributed by atoms with Crippen LogP contribution in [-0.2, 0) is 4.74 Å². The highest BCUT2D eigenvalue weighted by molar-refractivity contribution is 5.93. The van der Waals surface area contributed by atoms with Crippen molar-refractivity contribution in [2.75, 3.05) is 19.0 Å². The molecular formula is C17H18FN5O4. The van der Waals surface area contributed by atoms with Crippen molar-refractivity contribution in [3.8, 4) is 11.9 Å². The fourth-order valence-corrected chi connectivity index (χ4v) is 2.96. The van der Waals surface area contributed by atoms with Gasteiger partial charge in [-0.15, -0.1) is 0 Å². The second-order valence-electron chi connectivity index (χ2n) is 6.21. The molecule has 2 aromatic heterocycles. The van der Waals surface area contributed by atoms with Gasteiger partial charge in [0.15, 0.2) is 5.82 Å². The minimum atomic E-state index is -1.20. The summed E-state index contributed by atoms with van der Waals surface area (Å²) in [6.07, 6.45) is 1.82. The van der Waals surface area contributed by atoms with Crippen LogP contribution in [0.15, 0.2) is 18.3 Å². The van der Waals surface area contributed by atoms with Crippen LogP contribution < -0.4 is 10.1 Å². The lowest BCUT2D eigenvalue weighted by Crippen LogP contribution is -2.33. The molecule has 3 heterocycles. The van der Waals surface area contributed by atoms with E-state index in [-0.39, 0.29) is 41.6 Å². The smallest absolute Gasteiger partial charge is 0.341 e. The predicted molar refractivity (Wildman–Crippen MR) is 91.4 cm³/mol. The second kappa shape index (κ2) is 7.59. The lowest BCUT2D eigenvalue weighted by atomic mass is 9.93. The summed E-state index contributed by atoms with van der Waals surface area (Å²) in [6, 6.07) is 4.32. The van der Waals surface area contributed by atoms with Crippen molar-refractivity contribution in [2.24, 2.45) is 5.92 Å². The van der Waals surface area contributed by atoms with Gasteiger partial charge in [-0.25, -0.2) is 4.79 Å². The highest BCUT2D eigenvalue weighted by atomic mass is 19.1. The van der Waals surface area contributed by atoms with Crippen LogP contribution >= 0.6 is 0 Å². The summed E-state index contributed by atoms with van der Waals surface area (Å²) in [7, 11) is 1.34. The van der Waals surface area contributed by atoms with Gasteiger partial charge in [0.25, 0.3) is 0 Å². The number of anilines is 2. The average Bonchev–Trinajstić information content (AvgIpc) is 3.04. The van der Waals surface area contributed by atoms with E-state index in [2.05, 4.69) is 21.5 Å². The molecule has 3 rings (SSSR count). The fraction of sp³-hybridized carbons (Fsp3) is 0.412. The van der Waals surface area contributed by atoms with E-state index in [1.807, 2.05) is 6.92 Å². The SMILES string of the molecule is COc1cc(Nc2nn([C@H]3COC(C)CC3C#N)cc2C(=O)O)cc(F)n1. The molecule has 0 spiro atoms. The van der Waals surface area contributed by atoms with E-state index >= 15 is 0 Å². The lowest BCUT2D eigenvalue weighted by Gasteiger charge is -2.31. The Hall–Kier alpha value is -3.19. The van der Waals surface area contributed by atoms with Crippen LogP contribution in [0.1, 0.15) is 29.7 Å². The first-order chi connectivity index (χ1) is 12.9. The lowest BCUT2D eigenvalue weighted by molar-refractivity contribution is -0.0215. The van der Waals surface area contributed by atoms with Crippen LogP contribution in [0.3, 0.4) is 0 Å². The summed E-state index contributed by atoms with van der Waals surface area (Å²) in [5.74, 6) is -2.30. The monoisotopic (exact) mass is 375 g/mol. The normalized spacial score (nSPS) is 22.1. The van der Waals surface area contributed by atoms with E-state index in [9.17, 15) is 19.6 Å². The predicted octanol–water partition coefficient (Wildman–Crippen LogP) is 2.36. The number of carbonyl (C=O) groups is 1. The van der Waals surface area contributed by atoms with Gasteiger partial charge in [0.05, 0.1) is 37.8 Å². The topological polar surface area (TPSA) is 122 Å². The average molecular weight is 375 g/mol. The highest BCUT2D eigenvalue weighted by Gasteiger charge is 2.32. The molecule has 27 heavy (non-hydrogen) atoms. The summed E-state index contributed by atoms with van der Waals surface area (Å²) in [6.45, 7) is 2.13. The van der Waals surface area contributed by atoms with E-state index in [4.69, 9.17) is 9.47 Å². The molecule has 9 nitrogen and oxygen atoms in total. The van der Waals surface area contributed by atoms with Crippen molar-refractivity contribution in [1.82, 2.24) is 14.8 Å². The van der Waals surface area contributed by atoms with Crippen molar-refractivity contribution >= 4 is 17.5 Å². The number of nitrogens with zero attached hydrogens (tertiary/aromatic N) is 4. The van der Waals surface area contributed by atoms with Crippen LogP contribution in [0.25, 0.3) is 0 Å². The number of halogens is 1. The first-order valence-corrected chi connectivity index (χ1v) is 8.23. The Kier molecular flexibility index (Phi) is 5.23. The Morgan fingerprint density at radius 1 is 1.56 bits per heavy atom. The van der Waals surface area contributed by atoms with Crippen LogP contribution in [0.4, 0.5) is 15.9 Å². The second-order valence-corrected chi connectivity index (χ2v) is 6.21. The molecule has 0 aromatic carbocycles. The van der Waals surface area contributed by atoms with Crippen molar-refractivity contribution in [3.63, 3.8) is 0 Å². The maximum atomic E-state index is 13.6. The molecule has 0 bridgehead atoms. The van der Waals surface area contributed by atoms with Crippen LogP contribution in [0, 0.1) is 23.2 Å². The number of pyridine rings is 1. The molecule has 10 heteroatoms. The minimum absolute atomic E-state index is 0.0189. The van der Waals surface area contributed by atoms with Crippen LogP contribution in [0.5, 0.6) is 5.88 Å².